The van der Waals surface area contributed by atoms with Crippen LogP contribution in [0.3, 0.4) is 0 Å². The molecule has 0 radical (unpaired) electrons. The molecular weight excluding hydrogens is 276 g/mol. The van der Waals surface area contributed by atoms with Gasteiger partial charge in [0.2, 0.25) is 0 Å². The maximum absolute atomic E-state index is 2.85. The summed E-state index contributed by atoms with van der Waals surface area (Å²) in [5.41, 5.74) is 0. The predicted molar refractivity (Wildman–Crippen MR) is 59.1 cm³/mol. The van der Waals surface area contributed by atoms with Gasteiger partial charge in [0, 0.05) is 0 Å². The van der Waals surface area contributed by atoms with E-state index in [0.717, 1.165) is 0 Å². The summed E-state index contributed by atoms with van der Waals surface area (Å²) in [4.78, 5) is 0. The third kappa shape index (κ3) is 2.29. The van der Waals surface area contributed by atoms with E-state index < -0.39 is 0 Å². The van der Waals surface area contributed by atoms with Crippen molar-refractivity contribution in [3.05, 3.63) is 60.7 Å². The molecule has 0 amide bonds. The van der Waals surface area contributed by atoms with Crippen molar-refractivity contribution in [3.8, 4) is 0 Å². The van der Waals surface area contributed by atoms with Gasteiger partial charge >= 0.3 is 95.3 Å². The van der Waals surface area contributed by atoms with Crippen LogP contribution in [0.25, 0.3) is 0 Å². The van der Waals surface area contributed by atoms with Crippen molar-refractivity contribution in [1.29, 1.82) is 0 Å². The zero-order valence-corrected chi connectivity index (χ0v) is 10.2. The van der Waals surface area contributed by atoms with Gasteiger partial charge in [0.05, 0.1) is 0 Å². The van der Waals surface area contributed by atoms with Crippen molar-refractivity contribution in [2.45, 2.75) is 0 Å². The molecular formula is C12H10PRu. The molecule has 0 aliphatic rings. The van der Waals surface area contributed by atoms with Crippen LogP contribution in [0.1, 0.15) is 0 Å². The number of hydrogen-bond donors (Lipinski definition) is 0. The summed E-state index contributed by atoms with van der Waals surface area (Å²) < 4.78 is 0. The Labute approximate surface area is 95.3 Å². The fourth-order valence-electron chi connectivity index (χ4n) is 1.26. The van der Waals surface area contributed by atoms with Gasteiger partial charge in [-0.15, -0.1) is 0 Å². The molecule has 2 aromatic rings. The molecule has 0 heterocycles. The van der Waals surface area contributed by atoms with Crippen LogP contribution in [0.5, 0.6) is 0 Å². The monoisotopic (exact) mass is 287 g/mol. The topological polar surface area (TPSA) is 0 Å². The molecule has 0 N–H and O–H groups in total. The maximum atomic E-state index is 2.85. The van der Waals surface area contributed by atoms with E-state index in [1.54, 1.807) is 0 Å². The van der Waals surface area contributed by atoms with E-state index in [4.69, 9.17) is 0 Å². The summed E-state index contributed by atoms with van der Waals surface area (Å²) in [7, 11) is 0. The predicted octanol–water partition coefficient (Wildman–Crippen LogP) is 2.58. The van der Waals surface area contributed by atoms with Crippen molar-refractivity contribution >= 4 is 16.9 Å². The van der Waals surface area contributed by atoms with Crippen molar-refractivity contribution in [2.24, 2.45) is 0 Å². The number of rotatable bonds is 2. The Hall–Kier alpha value is -0.507. The molecule has 0 spiro atoms. The molecule has 0 fully saturated rings. The summed E-state index contributed by atoms with van der Waals surface area (Å²) >= 11 is 2.85. The zero-order valence-electron chi connectivity index (χ0n) is 7.57. The molecule has 0 saturated carbocycles. The molecule has 2 aromatic carbocycles. The van der Waals surface area contributed by atoms with Crippen molar-refractivity contribution in [1.82, 2.24) is 0 Å². The molecule has 0 unspecified atom stereocenters. The van der Waals surface area contributed by atoms with Gasteiger partial charge in [-0.1, -0.05) is 0 Å². The standard InChI is InChI=1S/C12H10P.Ru/c1-3-7-11(8-4-1)13-12-9-5-2-6-10-12;/h1-10H;/q-1;+1. The van der Waals surface area contributed by atoms with Gasteiger partial charge in [-0.05, 0) is 0 Å². The van der Waals surface area contributed by atoms with Crippen molar-refractivity contribution in [2.75, 3.05) is 0 Å². The Kier molecular flexibility index (Phi) is 3.46. The van der Waals surface area contributed by atoms with E-state index in [0.29, 0.717) is 0 Å². The molecule has 2 heteroatoms. The van der Waals surface area contributed by atoms with Crippen LogP contribution in [0.4, 0.5) is 0 Å². The molecule has 0 atom stereocenters. The molecule has 0 nitrogen and oxygen atoms in total. The van der Waals surface area contributed by atoms with Crippen molar-refractivity contribution < 1.29 is 17.8 Å². The van der Waals surface area contributed by atoms with Crippen LogP contribution in [-0.4, -0.2) is 0 Å². The van der Waals surface area contributed by atoms with Crippen LogP contribution in [0.2, 0.25) is 0 Å². The Bertz CT molecular complexity index is 346. The van der Waals surface area contributed by atoms with Gasteiger partial charge in [0.15, 0.2) is 0 Å². The second-order valence-corrected chi connectivity index (χ2v) is 6.85. The Morgan fingerprint density at radius 2 is 1.00 bits per heavy atom. The Morgan fingerprint density at radius 3 is 1.36 bits per heavy atom. The van der Waals surface area contributed by atoms with Crippen LogP contribution < -0.4 is 10.6 Å². The van der Waals surface area contributed by atoms with Crippen LogP contribution in [0.15, 0.2) is 60.7 Å². The van der Waals surface area contributed by atoms with E-state index >= 15 is 0 Å². The molecule has 0 aromatic heterocycles. The molecule has 0 bridgehead atoms. The van der Waals surface area contributed by atoms with E-state index in [1.165, 1.54) is 10.6 Å². The quantitative estimate of drug-likeness (QED) is 0.588. The van der Waals surface area contributed by atoms with Gasteiger partial charge in [0.25, 0.3) is 0 Å². The van der Waals surface area contributed by atoms with E-state index in [9.17, 15) is 0 Å². The van der Waals surface area contributed by atoms with Crippen LogP contribution in [-0.2, 0) is 17.8 Å². The average Bonchev–Trinajstić information content (AvgIpc) is 2.30. The Balaban J connectivity index is 2.30. The third-order valence-electron chi connectivity index (χ3n) is 1.95. The van der Waals surface area contributed by atoms with Gasteiger partial charge in [0.1, 0.15) is 0 Å². The molecule has 14 heavy (non-hydrogen) atoms. The summed E-state index contributed by atoms with van der Waals surface area (Å²) in [5.74, 6) is 0. The minimum atomic E-state index is -0.241. The second-order valence-electron chi connectivity index (χ2n) is 2.94. The fraction of sp³-hybridized carbons (Fsp3) is 0. The minimum absolute atomic E-state index is 0.241. The van der Waals surface area contributed by atoms with Gasteiger partial charge in [-0.25, -0.2) is 0 Å². The van der Waals surface area contributed by atoms with Gasteiger partial charge < -0.3 is 0 Å². The van der Waals surface area contributed by atoms with Gasteiger partial charge in [-0.2, -0.15) is 0 Å². The number of benzene rings is 2. The molecule has 0 aliphatic carbocycles. The first-order valence-corrected chi connectivity index (χ1v) is 7.97. The summed E-state index contributed by atoms with van der Waals surface area (Å²) in [5, 5.41) is 2.82. The van der Waals surface area contributed by atoms with Crippen LogP contribution >= 0.6 is 6.25 Å². The number of hydrogen-bond acceptors (Lipinski definition) is 0. The summed E-state index contributed by atoms with van der Waals surface area (Å²) in [6.45, 7) is 0. The summed E-state index contributed by atoms with van der Waals surface area (Å²) in [6, 6.07) is 21.3. The first-order chi connectivity index (χ1) is 6.88. The summed E-state index contributed by atoms with van der Waals surface area (Å²) in [6.07, 6.45) is -0.241. The second kappa shape index (κ2) is 4.83. The fourth-order valence-corrected chi connectivity index (χ4v) is 3.97. The third-order valence-corrected chi connectivity index (χ3v) is 6.12. The SMILES string of the molecule is [Ru][P](c1ccccc1)c1ccccc1. The molecule has 0 saturated heterocycles. The first-order valence-electron chi connectivity index (χ1n) is 4.43. The van der Waals surface area contributed by atoms with Gasteiger partial charge in [-0.3, -0.25) is 0 Å². The average molecular weight is 286 g/mol. The van der Waals surface area contributed by atoms with Crippen molar-refractivity contribution in [3.63, 3.8) is 0 Å². The van der Waals surface area contributed by atoms with E-state index in [1.807, 2.05) is 0 Å². The normalized spacial score (nSPS) is 10.4. The van der Waals surface area contributed by atoms with Crippen LogP contribution in [0, 0.1) is 0 Å². The first kappa shape index (κ1) is 10.0. The molecule has 2 rings (SSSR count). The van der Waals surface area contributed by atoms with E-state index in [-0.39, 0.29) is 6.25 Å². The van der Waals surface area contributed by atoms with E-state index in [2.05, 4.69) is 78.5 Å². The zero-order chi connectivity index (χ0) is 9.80. The molecule has 0 aliphatic heterocycles. The Morgan fingerprint density at radius 1 is 0.643 bits per heavy atom. The molecule has 71 valence electrons.